The summed E-state index contributed by atoms with van der Waals surface area (Å²) in [6.07, 6.45) is 5.54. The molecule has 0 radical (unpaired) electrons. The fraction of sp³-hybridized carbons (Fsp3) is 1.00. The number of hydrogen-bond donors (Lipinski definition) is 0. The molecule has 0 bridgehead atoms. The highest BCUT2D eigenvalue weighted by atomic mass is 16.5. The van der Waals surface area contributed by atoms with Gasteiger partial charge in [-0.1, -0.05) is 6.92 Å². The first-order chi connectivity index (χ1) is 5.86. The molecular formula is C10H20O2. The molecule has 2 atom stereocenters. The average molecular weight is 172 g/mol. The molecule has 1 aliphatic rings. The van der Waals surface area contributed by atoms with Crippen LogP contribution in [0.5, 0.6) is 0 Å². The summed E-state index contributed by atoms with van der Waals surface area (Å²) in [5, 5.41) is 0. The monoisotopic (exact) mass is 172 g/mol. The van der Waals surface area contributed by atoms with Gasteiger partial charge in [0.1, 0.15) is 0 Å². The van der Waals surface area contributed by atoms with Crippen LogP contribution >= 0.6 is 0 Å². The van der Waals surface area contributed by atoms with Gasteiger partial charge < -0.3 is 9.47 Å². The first-order valence-electron chi connectivity index (χ1n) is 5.10. The second-order valence-electron chi connectivity index (χ2n) is 3.38. The topological polar surface area (TPSA) is 18.5 Å². The van der Waals surface area contributed by atoms with E-state index in [4.69, 9.17) is 9.47 Å². The van der Waals surface area contributed by atoms with Gasteiger partial charge in [-0.3, -0.25) is 0 Å². The normalized spacial score (nSPS) is 29.5. The number of hydrogen-bond acceptors (Lipinski definition) is 2. The minimum Gasteiger partial charge on any atom is -0.378 e. The van der Waals surface area contributed by atoms with Crippen molar-refractivity contribution in [2.75, 3.05) is 13.2 Å². The zero-order valence-electron chi connectivity index (χ0n) is 8.21. The van der Waals surface area contributed by atoms with Crippen LogP contribution in [0.25, 0.3) is 0 Å². The summed E-state index contributed by atoms with van der Waals surface area (Å²) in [6.45, 7) is 5.95. The van der Waals surface area contributed by atoms with Gasteiger partial charge >= 0.3 is 0 Å². The Bertz CT molecular complexity index is 114. The Balaban J connectivity index is 2.08. The highest BCUT2D eigenvalue weighted by Crippen LogP contribution is 2.24. The fourth-order valence-electron chi connectivity index (χ4n) is 1.72. The van der Waals surface area contributed by atoms with Crippen LogP contribution in [0.2, 0.25) is 0 Å². The van der Waals surface area contributed by atoms with E-state index in [9.17, 15) is 0 Å². The lowest BCUT2D eigenvalue weighted by atomic mass is 10.3. The second kappa shape index (κ2) is 5.55. The quantitative estimate of drug-likeness (QED) is 0.634. The summed E-state index contributed by atoms with van der Waals surface area (Å²) in [6, 6.07) is 0. The van der Waals surface area contributed by atoms with Crippen LogP contribution < -0.4 is 0 Å². The van der Waals surface area contributed by atoms with Crippen molar-refractivity contribution in [3.8, 4) is 0 Å². The summed E-state index contributed by atoms with van der Waals surface area (Å²) >= 11 is 0. The molecule has 1 fully saturated rings. The number of rotatable bonds is 5. The molecule has 2 heteroatoms. The van der Waals surface area contributed by atoms with Crippen LogP contribution in [0, 0.1) is 0 Å². The van der Waals surface area contributed by atoms with Gasteiger partial charge in [-0.05, 0) is 32.6 Å². The van der Waals surface area contributed by atoms with E-state index < -0.39 is 0 Å². The molecule has 0 spiro atoms. The first kappa shape index (κ1) is 10.0. The maximum absolute atomic E-state index is 5.65. The lowest BCUT2D eigenvalue weighted by Crippen LogP contribution is -2.13. The standard InChI is InChI=1S/C10H20O2/c1-3-7-12-10-6-5-9(8-10)11-4-2/h9-10H,3-8H2,1-2H3. The molecule has 2 unspecified atom stereocenters. The summed E-state index contributed by atoms with van der Waals surface area (Å²) < 4.78 is 11.2. The molecule has 72 valence electrons. The predicted molar refractivity (Wildman–Crippen MR) is 49.3 cm³/mol. The van der Waals surface area contributed by atoms with Crippen molar-refractivity contribution >= 4 is 0 Å². The molecule has 0 saturated heterocycles. The van der Waals surface area contributed by atoms with E-state index in [1.165, 1.54) is 12.8 Å². The SMILES string of the molecule is CCCOC1CCC(OCC)C1. The van der Waals surface area contributed by atoms with E-state index in [1.54, 1.807) is 0 Å². The molecule has 1 saturated carbocycles. The van der Waals surface area contributed by atoms with E-state index in [0.29, 0.717) is 12.2 Å². The van der Waals surface area contributed by atoms with Gasteiger partial charge in [-0.25, -0.2) is 0 Å². The van der Waals surface area contributed by atoms with Crippen LogP contribution in [-0.2, 0) is 9.47 Å². The van der Waals surface area contributed by atoms with Gasteiger partial charge in [-0.2, -0.15) is 0 Å². The van der Waals surface area contributed by atoms with Crippen molar-refractivity contribution in [3.05, 3.63) is 0 Å². The molecule has 2 nitrogen and oxygen atoms in total. The van der Waals surface area contributed by atoms with E-state index >= 15 is 0 Å². The minimum absolute atomic E-state index is 0.469. The van der Waals surface area contributed by atoms with Crippen molar-refractivity contribution in [2.24, 2.45) is 0 Å². The van der Waals surface area contributed by atoms with Crippen molar-refractivity contribution in [3.63, 3.8) is 0 Å². The van der Waals surface area contributed by atoms with Crippen molar-refractivity contribution in [2.45, 2.75) is 51.7 Å². The van der Waals surface area contributed by atoms with Gasteiger partial charge in [-0.15, -0.1) is 0 Å². The summed E-state index contributed by atoms with van der Waals surface area (Å²) in [5.74, 6) is 0. The van der Waals surface area contributed by atoms with Crippen LogP contribution in [0.3, 0.4) is 0 Å². The van der Waals surface area contributed by atoms with Crippen LogP contribution in [-0.4, -0.2) is 25.4 Å². The Morgan fingerprint density at radius 2 is 1.75 bits per heavy atom. The zero-order chi connectivity index (χ0) is 8.81. The second-order valence-corrected chi connectivity index (χ2v) is 3.38. The maximum atomic E-state index is 5.65. The Kier molecular flexibility index (Phi) is 4.62. The van der Waals surface area contributed by atoms with Gasteiger partial charge in [0.25, 0.3) is 0 Å². The Labute approximate surface area is 75.2 Å². The largest absolute Gasteiger partial charge is 0.378 e. The molecule has 0 heterocycles. The van der Waals surface area contributed by atoms with E-state index in [0.717, 1.165) is 26.1 Å². The van der Waals surface area contributed by atoms with Gasteiger partial charge in [0.15, 0.2) is 0 Å². The Morgan fingerprint density at radius 3 is 2.33 bits per heavy atom. The van der Waals surface area contributed by atoms with E-state index in [2.05, 4.69) is 13.8 Å². The highest BCUT2D eigenvalue weighted by Gasteiger charge is 2.24. The molecule has 1 aliphatic carbocycles. The third kappa shape index (κ3) is 3.11. The maximum Gasteiger partial charge on any atom is 0.0600 e. The van der Waals surface area contributed by atoms with Gasteiger partial charge in [0, 0.05) is 13.2 Å². The molecule has 0 aromatic heterocycles. The van der Waals surface area contributed by atoms with Gasteiger partial charge in [0.2, 0.25) is 0 Å². The molecular weight excluding hydrogens is 152 g/mol. The molecule has 0 N–H and O–H groups in total. The zero-order valence-corrected chi connectivity index (χ0v) is 8.21. The smallest absolute Gasteiger partial charge is 0.0600 e. The number of ether oxygens (including phenoxy) is 2. The predicted octanol–water partition coefficient (Wildman–Crippen LogP) is 2.37. The lowest BCUT2D eigenvalue weighted by Gasteiger charge is -2.11. The van der Waals surface area contributed by atoms with Crippen LogP contribution in [0.15, 0.2) is 0 Å². The van der Waals surface area contributed by atoms with Crippen LogP contribution in [0.1, 0.15) is 39.5 Å². The molecule has 1 rings (SSSR count). The van der Waals surface area contributed by atoms with Crippen molar-refractivity contribution in [1.82, 2.24) is 0 Å². The summed E-state index contributed by atoms with van der Waals surface area (Å²) in [4.78, 5) is 0. The molecule has 0 aromatic rings. The third-order valence-electron chi connectivity index (χ3n) is 2.30. The van der Waals surface area contributed by atoms with Crippen molar-refractivity contribution in [1.29, 1.82) is 0 Å². The third-order valence-corrected chi connectivity index (χ3v) is 2.30. The Hall–Kier alpha value is -0.0800. The molecule has 0 amide bonds. The Morgan fingerprint density at radius 1 is 1.08 bits per heavy atom. The molecule has 0 aromatic carbocycles. The highest BCUT2D eigenvalue weighted by molar-refractivity contribution is 4.76. The summed E-state index contributed by atoms with van der Waals surface area (Å²) in [7, 11) is 0. The fourth-order valence-corrected chi connectivity index (χ4v) is 1.72. The molecule has 0 aliphatic heterocycles. The van der Waals surface area contributed by atoms with E-state index in [1.807, 2.05) is 0 Å². The van der Waals surface area contributed by atoms with E-state index in [-0.39, 0.29) is 0 Å². The average Bonchev–Trinajstić information content (AvgIpc) is 2.50. The van der Waals surface area contributed by atoms with Crippen molar-refractivity contribution < 1.29 is 9.47 Å². The van der Waals surface area contributed by atoms with Gasteiger partial charge in [0.05, 0.1) is 12.2 Å². The first-order valence-corrected chi connectivity index (χ1v) is 5.10. The minimum atomic E-state index is 0.469. The lowest BCUT2D eigenvalue weighted by molar-refractivity contribution is 0.0268. The summed E-state index contributed by atoms with van der Waals surface area (Å²) in [5.41, 5.74) is 0. The molecule has 12 heavy (non-hydrogen) atoms. The van der Waals surface area contributed by atoms with Crippen LogP contribution in [0.4, 0.5) is 0 Å².